The number of carbonyl (C=O) groups is 2. The number of nitrogens with zero attached hydrogens (tertiary/aromatic N) is 4. The Hall–Kier alpha value is -3.03. The normalized spacial score (nSPS) is 10.2. The minimum atomic E-state index is -0.496. The van der Waals surface area contributed by atoms with E-state index in [2.05, 4.69) is 9.97 Å². The molecule has 7 nitrogen and oxygen atoms in total. The summed E-state index contributed by atoms with van der Waals surface area (Å²) in [5, 5.41) is 0. The lowest BCUT2D eigenvalue weighted by molar-refractivity contribution is -0.126. The molecule has 1 aromatic carbocycles. The van der Waals surface area contributed by atoms with E-state index in [1.165, 1.54) is 49.6 Å². The van der Waals surface area contributed by atoms with Gasteiger partial charge in [-0.05, 0) is 12.1 Å². The lowest BCUT2D eigenvalue weighted by atomic mass is 10.3. The smallest absolute Gasteiger partial charge is 0.330 e. The second kappa shape index (κ2) is 7.49. The van der Waals surface area contributed by atoms with E-state index in [4.69, 9.17) is 4.74 Å². The van der Waals surface area contributed by atoms with Crippen molar-refractivity contribution in [2.45, 2.75) is 13.3 Å². The molecule has 2 aromatic rings. The van der Waals surface area contributed by atoms with Crippen molar-refractivity contribution in [1.29, 1.82) is 0 Å². The highest BCUT2D eigenvalue weighted by atomic mass is 19.1. The van der Waals surface area contributed by atoms with E-state index in [1.807, 2.05) is 0 Å². The van der Waals surface area contributed by atoms with Gasteiger partial charge in [-0.3, -0.25) is 14.6 Å². The van der Waals surface area contributed by atoms with Gasteiger partial charge in [0.05, 0.1) is 18.1 Å². The summed E-state index contributed by atoms with van der Waals surface area (Å²) in [6.07, 6.45) is 2.99. The number of anilines is 1. The Kier molecular flexibility index (Phi) is 5.41. The van der Waals surface area contributed by atoms with Gasteiger partial charge in [0.15, 0.2) is 0 Å². The molecule has 0 aliphatic carbocycles. The summed E-state index contributed by atoms with van der Waals surface area (Å²) in [6.45, 7) is 1.67. The Balaban J connectivity index is 2.08. The van der Waals surface area contributed by atoms with Gasteiger partial charge in [-0.25, -0.2) is 19.2 Å². The van der Waals surface area contributed by atoms with Gasteiger partial charge in [0, 0.05) is 26.6 Å². The van der Waals surface area contributed by atoms with Crippen LogP contribution in [0.3, 0.4) is 0 Å². The van der Waals surface area contributed by atoms with Crippen LogP contribution in [0.2, 0.25) is 0 Å². The molecule has 0 saturated heterocycles. The fraction of sp³-hybridized carbons (Fsp3) is 0.250. The van der Waals surface area contributed by atoms with E-state index >= 15 is 0 Å². The quantitative estimate of drug-likeness (QED) is 0.860. The number of halogens is 1. The summed E-state index contributed by atoms with van der Waals surface area (Å²) in [5.74, 6) is -0.461. The van der Waals surface area contributed by atoms with E-state index in [0.717, 1.165) is 4.90 Å². The summed E-state index contributed by atoms with van der Waals surface area (Å²) in [6, 6.07) is 5.10. The fourth-order valence-corrected chi connectivity index (χ4v) is 1.85. The van der Waals surface area contributed by atoms with Crippen LogP contribution in [-0.4, -0.2) is 40.9 Å². The van der Waals surface area contributed by atoms with Crippen molar-refractivity contribution in [2.24, 2.45) is 0 Å². The van der Waals surface area contributed by atoms with Gasteiger partial charge in [-0.15, -0.1) is 0 Å². The average molecular weight is 332 g/mol. The Morgan fingerprint density at radius 2 is 1.88 bits per heavy atom. The van der Waals surface area contributed by atoms with Crippen molar-refractivity contribution in [3.63, 3.8) is 0 Å². The maximum absolute atomic E-state index is 13.1. The molecule has 0 atom stereocenters. The van der Waals surface area contributed by atoms with Crippen LogP contribution >= 0.6 is 0 Å². The van der Waals surface area contributed by atoms with E-state index < -0.39 is 11.8 Å². The Morgan fingerprint density at radius 1 is 1.21 bits per heavy atom. The van der Waals surface area contributed by atoms with Gasteiger partial charge in [0.1, 0.15) is 11.6 Å². The number of rotatable bonds is 4. The zero-order valence-electron chi connectivity index (χ0n) is 13.6. The van der Waals surface area contributed by atoms with Crippen LogP contribution in [0, 0.1) is 5.82 Å². The molecular formula is C16H17FN4O3. The molecular weight excluding hydrogens is 315 g/mol. The van der Waals surface area contributed by atoms with Gasteiger partial charge in [-0.2, -0.15) is 0 Å². The van der Waals surface area contributed by atoms with Crippen LogP contribution in [0.1, 0.15) is 13.3 Å². The minimum absolute atomic E-state index is 0.0168. The molecule has 1 heterocycles. The molecule has 0 aliphatic rings. The molecule has 126 valence electrons. The predicted molar refractivity (Wildman–Crippen MR) is 85.4 cm³/mol. The zero-order valence-corrected chi connectivity index (χ0v) is 13.6. The number of carbonyl (C=O) groups excluding carboxylic acids is 2. The zero-order chi connectivity index (χ0) is 17.7. The molecule has 0 unspecified atom stereocenters. The Bertz CT molecular complexity index is 736. The van der Waals surface area contributed by atoms with Crippen molar-refractivity contribution < 1.29 is 18.7 Å². The molecule has 2 rings (SSSR count). The average Bonchev–Trinajstić information content (AvgIpc) is 2.59. The van der Waals surface area contributed by atoms with Gasteiger partial charge < -0.3 is 4.74 Å². The molecule has 3 amide bonds. The summed E-state index contributed by atoms with van der Waals surface area (Å²) < 4.78 is 18.4. The van der Waals surface area contributed by atoms with Gasteiger partial charge in [0.25, 0.3) is 0 Å². The summed E-state index contributed by atoms with van der Waals surface area (Å²) in [4.78, 5) is 34.0. The number of imide groups is 1. The van der Waals surface area contributed by atoms with E-state index in [9.17, 15) is 14.0 Å². The van der Waals surface area contributed by atoms with Crippen LogP contribution in [0.4, 0.5) is 14.9 Å². The van der Waals surface area contributed by atoms with E-state index in [-0.39, 0.29) is 24.1 Å². The monoisotopic (exact) mass is 332 g/mol. The van der Waals surface area contributed by atoms with Crippen LogP contribution in [-0.2, 0) is 4.79 Å². The standard InChI is InChI=1S/C16H17FN4O3/c1-4-14(22)21(3)16(23)20(2)12-9-18-15(19-10-12)24-13-7-5-6-11(17)8-13/h5-10H,4H2,1-3H3. The largest absolute Gasteiger partial charge is 0.424 e. The van der Waals surface area contributed by atoms with Gasteiger partial charge in [-0.1, -0.05) is 13.0 Å². The van der Waals surface area contributed by atoms with Crippen molar-refractivity contribution >= 4 is 17.6 Å². The molecule has 0 spiro atoms. The van der Waals surface area contributed by atoms with Crippen molar-refractivity contribution in [2.75, 3.05) is 19.0 Å². The molecule has 1 aromatic heterocycles. The highest BCUT2D eigenvalue weighted by molar-refractivity contribution is 6.01. The molecule has 0 radical (unpaired) electrons. The number of amides is 3. The maximum atomic E-state index is 13.1. The van der Waals surface area contributed by atoms with Crippen LogP contribution in [0.25, 0.3) is 0 Å². The van der Waals surface area contributed by atoms with Crippen LogP contribution < -0.4 is 9.64 Å². The summed E-state index contributed by atoms with van der Waals surface area (Å²) in [7, 11) is 2.92. The molecule has 0 N–H and O–H groups in total. The third-order valence-electron chi connectivity index (χ3n) is 3.26. The topological polar surface area (TPSA) is 75.6 Å². The first kappa shape index (κ1) is 17.3. The Morgan fingerprint density at radius 3 is 2.46 bits per heavy atom. The minimum Gasteiger partial charge on any atom is -0.424 e. The highest BCUT2D eigenvalue weighted by Crippen LogP contribution is 2.20. The fourth-order valence-electron chi connectivity index (χ4n) is 1.85. The van der Waals surface area contributed by atoms with Gasteiger partial charge >= 0.3 is 12.0 Å². The third-order valence-corrected chi connectivity index (χ3v) is 3.26. The SMILES string of the molecule is CCC(=O)N(C)C(=O)N(C)c1cnc(Oc2cccc(F)c2)nc1. The molecule has 0 aliphatic heterocycles. The first-order chi connectivity index (χ1) is 11.4. The number of urea groups is 1. The van der Waals surface area contributed by atoms with Crippen LogP contribution in [0.15, 0.2) is 36.7 Å². The molecule has 0 saturated carbocycles. The number of hydrogen-bond acceptors (Lipinski definition) is 5. The second-order valence-electron chi connectivity index (χ2n) is 4.93. The third kappa shape index (κ3) is 4.03. The molecule has 24 heavy (non-hydrogen) atoms. The lowest BCUT2D eigenvalue weighted by Gasteiger charge is -2.22. The maximum Gasteiger partial charge on any atom is 0.330 e. The molecule has 8 heteroatoms. The number of aromatic nitrogens is 2. The van der Waals surface area contributed by atoms with Crippen molar-refractivity contribution in [3.8, 4) is 11.8 Å². The number of benzene rings is 1. The van der Waals surface area contributed by atoms with E-state index in [1.54, 1.807) is 13.0 Å². The van der Waals surface area contributed by atoms with E-state index in [0.29, 0.717) is 5.69 Å². The predicted octanol–water partition coefficient (Wildman–Crippen LogP) is 2.83. The number of hydrogen-bond donors (Lipinski definition) is 0. The number of ether oxygens (including phenoxy) is 1. The lowest BCUT2D eigenvalue weighted by Crippen LogP contribution is -2.42. The Labute approximate surface area is 138 Å². The first-order valence-corrected chi connectivity index (χ1v) is 7.22. The second-order valence-corrected chi connectivity index (χ2v) is 4.93. The summed E-state index contributed by atoms with van der Waals surface area (Å²) >= 11 is 0. The van der Waals surface area contributed by atoms with Crippen molar-refractivity contribution in [3.05, 3.63) is 42.5 Å². The molecule has 0 bridgehead atoms. The first-order valence-electron chi connectivity index (χ1n) is 7.22. The van der Waals surface area contributed by atoms with Crippen molar-refractivity contribution in [1.82, 2.24) is 14.9 Å². The van der Waals surface area contributed by atoms with Gasteiger partial charge in [0.2, 0.25) is 5.91 Å². The highest BCUT2D eigenvalue weighted by Gasteiger charge is 2.20. The summed E-state index contributed by atoms with van der Waals surface area (Å²) in [5.41, 5.74) is 0.391. The van der Waals surface area contributed by atoms with Crippen LogP contribution in [0.5, 0.6) is 11.8 Å². The molecule has 0 fully saturated rings.